The molecule has 0 radical (unpaired) electrons. The third-order valence-corrected chi connectivity index (χ3v) is 3.60. The molecule has 1 fully saturated rings. The molecule has 2 heteroatoms. The molecule has 0 amide bonds. The fourth-order valence-corrected chi connectivity index (χ4v) is 2.07. The fraction of sp³-hybridized carbons (Fsp3) is 1.00. The summed E-state index contributed by atoms with van der Waals surface area (Å²) in [5.41, 5.74) is 0. The third kappa shape index (κ3) is 3.58. The van der Waals surface area contributed by atoms with E-state index in [0.717, 1.165) is 5.92 Å². The van der Waals surface area contributed by atoms with Crippen LogP contribution in [0.2, 0.25) is 0 Å². The van der Waals surface area contributed by atoms with Crippen molar-refractivity contribution in [2.75, 3.05) is 6.61 Å². The van der Waals surface area contributed by atoms with Crippen LogP contribution in [0.3, 0.4) is 0 Å². The summed E-state index contributed by atoms with van der Waals surface area (Å²) < 4.78 is 0. The van der Waals surface area contributed by atoms with E-state index in [1.54, 1.807) is 0 Å². The van der Waals surface area contributed by atoms with Gasteiger partial charge in [0, 0.05) is 18.7 Å². The van der Waals surface area contributed by atoms with Gasteiger partial charge >= 0.3 is 0 Å². The summed E-state index contributed by atoms with van der Waals surface area (Å²) in [6.45, 7) is 6.80. The Hall–Kier alpha value is -0.0800. The Bertz CT molecular complexity index is 156. The van der Waals surface area contributed by atoms with Crippen molar-refractivity contribution in [3.05, 3.63) is 0 Å². The average Bonchev–Trinajstić information content (AvgIpc) is 2.10. The van der Waals surface area contributed by atoms with E-state index in [-0.39, 0.29) is 6.61 Å². The first-order chi connectivity index (χ1) is 6.63. The summed E-state index contributed by atoms with van der Waals surface area (Å²) in [6, 6.07) is 1.03. The van der Waals surface area contributed by atoms with Crippen molar-refractivity contribution in [2.24, 2.45) is 11.8 Å². The van der Waals surface area contributed by atoms with Crippen molar-refractivity contribution in [3.63, 3.8) is 0 Å². The lowest BCUT2D eigenvalue weighted by atomic mass is 9.81. The average molecular weight is 199 g/mol. The lowest BCUT2D eigenvalue weighted by Gasteiger charge is -2.31. The van der Waals surface area contributed by atoms with Crippen molar-refractivity contribution < 1.29 is 5.11 Å². The number of nitrogens with one attached hydrogen (secondary N) is 1. The normalized spacial score (nSPS) is 24.0. The van der Waals surface area contributed by atoms with Crippen LogP contribution >= 0.6 is 0 Å². The van der Waals surface area contributed by atoms with Crippen molar-refractivity contribution >= 4 is 0 Å². The minimum atomic E-state index is 0.282. The Morgan fingerprint density at radius 1 is 1.29 bits per heavy atom. The number of aliphatic hydroxyl groups excluding tert-OH is 1. The summed E-state index contributed by atoms with van der Waals surface area (Å²) in [6.07, 6.45) is 5.59. The summed E-state index contributed by atoms with van der Waals surface area (Å²) in [5, 5.41) is 12.6. The van der Waals surface area contributed by atoms with E-state index in [9.17, 15) is 0 Å². The Morgan fingerprint density at radius 3 is 2.36 bits per heavy atom. The summed E-state index contributed by atoms with van der Waals surface area (Å²) in [7, 11) is 0. The van der Waals surface area contributed by atoms with Crippen molar-refractivity contribution in [3.8, 4) is 0 Å². The highest BCUT2D eigenvalue weighted by atomic mass is 16.3. The van der Waals surface area contributed by atoms with E-state index in [1.807, 2.05) is 0 Å². The Balaban J connectivity index is 2.14. The number of aliphatic hydroxyl groups is 1. The van der Waals surface area contributed by atoms with Crippen molar-refractivity contribution in [1.82, 2.24) is 5.32 Å². The minimum Gasteiger partial charge on any atom is -0.396 e. The van der Waals surface area contributed by atoms with E-state index in [1.165, 1.54) is 25.7 Å². The quantitative estimate of drug-likeness (QED) is 0.687. The molecule has 1 aliphatic carbocycles. The molecule has 1 aliphatic rings. The van der Waals surface area contributed by atoms with Gasteiger partial charge in [0.2, 0.25) is 0 Å². The second-order valence-electron chi connectivity index (χ2n) is 5.05. The van der Waals surface area contributed by atoms with E-state index in [4.69, 9.17) is 5.11 Å². The minimum absolute atomic E-state index is 0.282. The molecule has 0 bridgehead atoms. The van der Waals surface area contributed by atoms with E-state index in [2.05, 4.69) is 26.1 Å². The van der Waals surface area contributed by atoms with Gasteiger partial charge < -0.3 is 10.4 Å². The molecule has 0 aromatic rings. The highest BCUT2D eigenvalue weighted by Gasteiger charge is 2.21. The first kappa shape index (κ1) is 12.0. The lowest BCUT2D eigenvalue weighted by molar-refractivity contribution is 0.191. The molecule has 0 aromatic heterocycles. The van der Waals surface area contributed by atoms with Crippen LogP contribution in [0.5, 0.6) is 0 Å². The second kappa shape index (κ2) is 5.72. The second-order valence-corrected chi connectivity index (χ2v) is 5.05. The van der Waals surface area contributed by atoms with Gasteiger partial charge in [0.15, 0.2) is 0 Å². The molecule has 1 saturated carbocycles. The maximum atomic E-state index is 9.02. The van der Waals surface area contributed by atoms with Crippen LogP contribution in [0.4, 0.5) is 0 Å². The summed E-state index contributed by atoms with van der Waals surface area (Å²) >= 11 is 0. The molecule has 2 N–H and O–H groups in total. The molecule has 2 nitrogen and oxygen atoms in total. The van der Waals surface area contributed by atoms with Crippen molar-refractivity contribution in [2.45, 2.75) is 58.5 Å². The molecule has 0 spiro atoms. The van der Waals surface area contributed by atoms with Crippen LogP contribution in [0, 0.1) is 11.8 Å². The predicted octanol–water partition coefficient (Wildman–Crippen LogP) is 2.17. The molecule has 3 unspecified atom stereocenters. The first-order valence-electron chi connectivity index (χ1n) is 6.00. The molecular formula is C12H25NO. The highest BCUT2D eigenvalue weighted by molar-refractivity contribution is 4.78. The van der Waals surface area contributed by atoms with Gasteiger partial charge in [-0.15, -0.1) is 0 Å². The highest BCUT2D eigenvalue weighted by Crippen LogP contribution is 2.30. The Labute approximate surface area is 88.1 Å². The van der Waals surface area contributed by atoms with Gasteiger partial charge in [0.25, 0.3) is 0 Å². The standard InChI is InChI=1S/C12H25NO/c1-9(8-14)11(3)13-10(2)7-12-5-4-6-12/h9-14H,4-8H2,1-3H3. The van der Waals surface area contributed by atoms with Gasteiger partial charge in [-0.25, -0.2) is 0 Å². The van der Waals surface area contributed by atoms with Crippen molar-refractivity contribution in [1.29, 1.82) is 0 Å². The van der Waals surface area contributed by atoms with Crippen LogP contribution in [0.25, 0.3) is 0 Å². The molecular weight excluding hydrogens is 174 g/mol. The van der Waals surface area contributed by atoms with Crippen LogP contribution in [-0.2, 0) is 0 Å². The van der Waals surface area contributed by atoms with Crippen LogP contribution in [-0.4, -0.2) is 23.8 Å². The molecule has 0 saturated heterocycles. The summed E-state index contributed by atoms with van der Waals surface area (Å²) in [5.74, 6) is 1.33. The molecule has 84 valence electrons. The van der Waals surface area contributed by atoms with Gasteiger partial charge in [0.05, 0.1) is 0 Å². The smallest absolute Gasteiger partial charge is 0.0471 e. The topological polar surface area (TPSA) is 32.3 Å². The lowest BCUT2D eigenvalue weighted by Crippen LogP contribution is -2.41. The number of hydrogen-bond donors (Lipinski definition) is 2. The third-order valence-electron chi connectivity index (χ3n) is 3.60. The fourth-order valence-electron chi connectivity index (χ4n) is 2.07. The zero-order chi connectivity index (χ0) is 10.6. The number of rotatable bonds is 6. The Kier molecular flexibility index (Phi) is 4.90. The molecule has 3 atom stereocenters. The molecule has 0 aromatic carbocycles. The van der Waals surface area contributed by atoms with Gasteiger partial charge in [-0.2, -0.15) is 0 Å². The van der Waals surface area contributed by atoms with Gasteiger partial charge in [-0.3, -0.25) is 0 Å². The maximum absolute atomic E-state index is 9.02. The number of hydrogen-bond acceptors (Lipinski definition) is 2. The predicted molar refractivity (Wildman–Crippen MR) is 60.3 cm³/mol. The van der Waals surface area contributed by atoms with Crippen LogP contribution < -0.4 is 5.32 Å². The van der Waals surface area contributed by atoms with Gasteiger partial charge in [0.1, 0.15) is 0 Å². The SMILES string of the molecule is CC(CC1CCC1)NC(C)C(C)CO. The van der Waals surface area contributed by atoms with E-state index >= 15 is 0 Å². The first-order valence-corrected chi connectivity index (χ1v) is 6.00. The van der Waals surface area contributed by atoms with E-state index < -0.39 is 0 Å². The largest absolute Gasteiger partial charge is 0.396 e. The molecule has 0 aliphatic heterocycles. The zero-order valence-corrected chi connectivity index (χ0v) is 9.79. The van der Waals surface area contributed by atoms with E-state index in [0.29, 0.717) is 18.0 Å². The maximum Gasteiger partial charge on any atom is 0.0471 e. The van der Waals surface area contributed by atoms with Crippen LogP contribution in [0.1, 0.15) is 46.5 Å². The van der Waals surface area contributed by atoms with Gasteiger partial charge in [-0.05, 0) is 32.1 Å². The summed E-state index contributed by atoms with van der Waals surface area (Å²) in [4.78, 5) is 0. The zero-order valence-electron chi connectivity index (χ0n) is 9.79. The van der Waals surface area contributed by atoms with Gasteiger partial charge in [-0.1, -0.05) is 26.2 Å². The molecule has 14 heavy (non-hydrogen) atoms. The molecule has 1 rings (SSSR count). The Morgan fingerprint density at radius 2 is 1.93 bits per heavy atom. The monoisotopic (exact) mass is 199 g/mol. The van der Waals surface area contributed by atoms with Crippen LogP contribution in [0.15, 0.2) is 0 Å². The molecule has 0 heterocycles.